The van der Waals surface area contributed by atoms with Crippen molar-refractivity contribution >= 4 is 40.5 Å². The first-order valence-corrected chi connectivity index (χ1v) is 13.7. The molecular weight excluding hydrogens is 540 g/mol. The van der Waals surface area contributed by atoms with Gasteiger partial charge in [-0.15, -0.1) is 0 Å². The van der Waals surface area contributed by atoms with Gasteiger partial charge in [-0.1, -0.05) is 62.4 Å². The van der Waals surface area contributed by atoms with Gasteiger partial charge in [0.05, 0.1) is 12.5 Å². The fourth-order valence-electron chi connectivity index (χ4n) is 4.62. The highest BCUT2D eigenvalue weighted by Crippen LogP contribution is 2.19. The highest BCUT2D eigenvalue weighted by atomic mass is 16.4. The van der Waals surface area contributed by atoms with Crippen LogP contribution < -0.4 is 27.4 Å². The zero-order chi connectivity index (χ0) is 30.8. The van der Waals surface area contributed by atoms with Crippen molar-refractivity contribution in [3.63, 3.8) is 0 Å². The van der Waals surface area contributed by atoms with Gasteiger partial charge in [0, 0.05) is 23.5 Å². The summed E-state index contributed by atoms with van der Waals surface area (Å²) in [5, 5.41) is 18.1. The molecule has 2 aromatic carbocycles. The maximum atomic E-state index is 13.4. The van der Waals surface area contributed by atoms with Crippen molar-refractivity contribution in [3.05, 3.63) is 71.9 Å². The van der Waals surface area contributed by atoms with Crippen LogP contribution in [-0.2, 0) is 36.8 Å². The summed E-state index contributed by atoms with van der Waals surface area (Å²) in [6.07, 6.45) is 1.53. The van der Waals surface area contributed by atoms with E-state index in [-0.39, 0.29) is 25.2 Å². The zero-order valence-electron chi connectivity index (χ0n) is 23.6. The fourth-order valence-corrected chi connectivity index (χ4v) is 4.62. The van der Waals surface area contributed by atoms with Crippen molar-refractivity contribution < 1.29 is 29.1 Å². The van der Waals surface area contributed by atoms with E-state index in [0.717, 1.165) is 16.5 Å². The van der Waals surface area contributed by atoms with Crippen LogP contribution in [0.4, 0.5) is 0 Å². The minimum Gasteiger partial charge on any atom is -0.480 e. The number of nitrogens with one attached hydrogen (secondary N) is 4. The predicted octanol–water partition coefficient (Wildman–Crippen LogP) is 0.741. The van der Waals surface area contributed by atoms with Gasteiger partial charge in [-0.2, -0.15) is 0 Å². The topological polar surface area (TPSA) is 210 Å². The molecule has 224 valence electrons. The molecule has 12 nitrogen and oxygen atoms in total. The molecule has 42 heavy (non-hydrogen) atoms. The van der Waals surface area contributed by atoms with Crippen LogP contribution in [0.25, 0.3) is 10.9 Å². The van der Waals surface area contributed by atoms with E-state index in [9.17, 15) is 29.1 Å². The minimum absolute atomic E-state index is 0.000360. The number of para-hydroxylation sites is 1. The van der Waals surface area contributed by atoms with Crippen molar-refractivity contribution in [1.29, 1.82) is 0 Å². The maximum Gasteiger partial charge on any atom is 0.326 e. The number of hydrogen-bond donors (Lipinski definition) is 7. The molecule has 1 heterocycles. The van der Waals surface area contributed by atoms with Crippen LogP contribution in [0, 0.1) is 5.92 Å². The average Bonchev–Trinajstić information content (AvgIpc) is 3.34. The van der Waals surface area contributed by atoms with Gasteiger partial charge in [0.2, 0.25) is 23.6 Å². The molecule has 3 rings (SSSR count). The second kappa shape index (κ2) is 14.8. The lowest BCUT2D eigenvalue weighted by molar-refractivity contribution is -0.143. The number of carboxylic acids is 1. The number of rotatable bonds is 15. The van der Waals surface area contributed by atoms with Crippen molar-refractivity contribution in [3.8, 4) is 0 Å². The lowest BCUT2D eigenvalue weighted by atomic mass is 10.0. The fraction of sp³-hybridized carbons (Fsp3) is 0.367. The van der Waals surface area contributed by atoms with Crippen LogP contribution in [0.5, 0.6) is 0 Å². The number of H-pyrrole nitrogens is 1. The average molecular weight is 579 g/mol. The van der Waals surface area contributed by atoms with E-state index in [0.29, 0.717) is 5.56 Å². The number of hydrogen-bond acceptors (Lipinski definition) is 6. The third kappa shape index (κ3) is 9.16. The number of aromatic nitrogens is 1. The van der Waals surface area contributed by atoms with E-state index in [4.69, 9.17) is 11.5 Å². The first-order valence-electron chi connectivity index (χ1n) is 13.7. The van der Waals surface area contributed by atoms with Crippen molar-refractivity contribution in [2.75, 3.05) is 0 Å². The van der Waals surface area contributed by atoms with Crippen molar-refractivity contribution in [2.24, 2.45) is 17.4 Å². The molecule has 4 amide bonds. The number of nitrogens with two attached hydrogens (primary N) is 2. The number of aliphatic carboxylic acids is 1. The standard InChI is InChI=1S/C30H38N6O6/c1-17(2)12-25(30(41)42)36-28(39)23(14-19-16-33-22-11-7-6-10-20(19)22)35-29(40)24(15-26(32)37)34-27(38)21(31)13-18-8-4-3-5-9-18/h3-11,16-17,21,23-25,33H,12-15,31H2,1-2H3,(H2,32,37)(H,34,38)(H,35,40)(H,36,39)(H,41,42). The molecule has 12 heteroatoms. The summed E-state index contributed by atoms with van der Waals surface area (Å²) in [4.78, 5) is 66.5. The molecule has 4 atom stereocenters. The van der Waals surface area contributed by atoms with Gasteiger partial charge in [-0.05, 0) is 36.0 Å². The lowest BCUT2D eigenvalue weighted by Gasteiger charge is -2.25. The molecule has 0 radical (unpaired) electrons. The number of carbonyl (C=O) groups is 5. The molecule has 0 aliphatic carbocycles. The number of benzene rings is 2. The van der Waals surface area contributed by atoms with E-state index in [1.165, 1.54) is 0 Å². The highest BCUT2D eigenvalue weighted by molar-refractivity contribution is 5.96. The summed E-state index contributed by atoms with van der Waals surface area (Å²) in [7, 11) is 0. The van der Waals surface area contributed by atoms with Crippen LogP contribution in [0.3, 0.4) is 0 Å². The van der Waals surface area contributed by atoms with Gasteiger partial charge in [0.25, 0.3) is 0 Å². The molecule has 0 bridgehead atoms. The van der Waals surface area contributed by atoms with Gasteiger partial charge < -0.3 is 37.5 Å². The molecule has 0 aliphatic heterocycles. The molecule has 9 N–H and O–H groups in total. The Balaban J connectivity index is 1.82. The van der Waals surface area contributed by atoms with Crippen LogP contribution in [-0.4, -0.2) is 63.9 Å². The summed E-state index contributed by atoms with van der Waals surface area (Å²) in [5.74, 6) is -4.34. The molecule has 1 aromatic heterocycles. The molecule has 3 aromatic rings. The summed E-state index contributed by atoms with van der Waals surface area (Å²) in [6.45, 7) is 3.65. The smallest absolute Gasteiger partial charge is 0.326 e. The Morgan fingerprint density at radius 3 is 2.05 bits per heavy atom. The Morgan fingerprint density at radius 2 is 1.40 bits per heavy atom. The quantitative estimate of drug-likeness (QED) is 0.137. The van der Waals surface area contributed by atoms with E-state index in [2.05, 4.69) is 20.9 Å². The van der Waals surface area contributed by atoms with Crippen LogP contribution in [0.15, 0.2) is 60.8 Å². The van der Waals surface area contributed by atoms with Gasteiger partial charge in [-0.3, -0.25) is 19.2 Å². The summed E-state index contributed by atoms with van der Waals surface area (Å²) in [5.41, 5.74) is 13.7. The number of carbonyl (C=O) groups excluding carboxylic acids is 4. The first kappa shape index (κ1) is 31.8. The molecular formula is C30H38N6O6. The summed E-state index contributed by atoms with van der Waals surface area (Å²) in [6, 6.07) is 11.6. The van der Waals surface area contributed by atoms with Crippen LogP contribution in [0.1, 0.15) is 37.8 Å². The number of aromatic amines is 1. The number of carboxylic acid groups (broad SMARTS) is 1. The predicted molar refractivity (Wildman–Crippen MR) is 157 cm³/mol. The Hall–Kier alpha value is -4.71. The number of fused-ring (bicyclic) bond motifs is 1. The van der Waals surface area contributed by atoms with Gasteiger partial charge >= 0.3 is 5.97 Å². The lowest BCUT2D eigenvalue weighted by Crippen LogP contribution is -2.58. The molecule has 0 fully saturated rings. The van der Waals surface area contributed by atoms with Gasteiger partial charge in [-0.25, -0.2) is 4.79 Å². The third-order valence-electron chi connectivity index (χ3n) is 6.73. The van der Waals surface area contributed by atoms with E-state index in [1.807, 2.05) is 44.2 Å². The highest BCUT2D eigenvalue weighted by Gasteiger charge is 2.32. The van der Waals surface area contributed by atoms with Crippen LogP contribution in [0.2, 0.25) is 0 Å². The Kier molecular flexibility index (Phi) is 11.2. The second-order valence-corrected chi connectivity index (χ2v) is 10.7. The molecule has 0 spiro atoms. The van der Waals surface area contributed by atoms with Gasteiger partial charge in [0.15, 0.2) is 0 Å². The number of primary amides is 1. The summed E-state index contributed by atoms with van der Waals surface area (Å²) < 4.78 is 0. The van der Waals surface area contributed by atoms with Gasteiger partial charge in [0.1, 0.15) is 18.1 Å². The van der Waals surface area contributed by atoms with E-state index >= 15 is 0 Å². The molecule has 0 saturated heterocycles. The zero-order valence-corrected chi connectivity index (χ0v) is 23.6. The Morgan fingerprint density at radius 1 is 0.810 bits per heavy atom. The SMILES string of the molecule is CC(C)CC(NC(=O)C(Cc1c[nH]c2ccccc12)NC(=O)C(CC(N)=O)NC(=O)C(N)Cc1ccccc1)C(=O)O. The van der Waals surface area contributed by atoms with Crippen molar-refractivity contribution in [2.45, 2.75) is 63.7 Å². The maximum absolute atomic E-state index is 13.4. The molecule has 4 unspecified atom stereocenters. The third-order valence-corrected chi connectivity index (χ3v) is 6.73. The van der Waals surface area contributed by atoms with Crippen molar-refractivity contribution in [1.82, 2.24) is 20.9 Å². The molecule has 0 saturated carbocycles. The second-order valence-electron chi connectivity index (χ2n) is 10.7. The van der Waals surface area contributed by atoms with E-state index < -0.39 is 60.2 Å². The minimum atomic E-state index is -1.42. The monoisotopic (exact) mass is 578 g/mol. The van der Waals surface area contributed by atoms with E-state index in [1.54, 1.807) is 30.5 Å². The Bertz CT molecular complexity index is 1410. The first-order chi connectivity index (χ1) is 19.9. The molecule has 0 aliphatic rings. The normalized spacial score (nSPS) is 14.0. The number of amides is 4. The van der Waals surface area contributed by atoms with Crippen LogP contribution >= 0.6 is 0 Å². The largest absolute Gasteiger partial charge is 0.480 e. The Labute approximate surface area is 243 Å². The summed E-state index contributed by atoms with van der Waals surface area (Å²) >= 11 is 0.